The molecular formula is C26H36F2N6O2. The summed E-state index contributed by atoms with van der Waals surface area (Å²) in [6.07, 6.45) is 1.32. The molecule has 2 amide bonds. The van der Waals surface area contributed by atoms with Crippen molar-refractivity contribution in [2.45, 2.75) is 13.8 Å². The Morgan fingerprint density at radius 3 is 2.03 bits per heavy atom. The molecule has 2 saturated heterocycles. The van der Waals surface area contributed by atoms with Crippen LogP contribution in [0.25, 0.3) is 0 Å². The molecule has 4 rings (SSSR count). The Morgan fingerprint density at radius 1 is 0.917 bits per heavy atom. The van der Waals surface area contributed by atoms with Crippen LogP contribution in [0, 0.1) is 11.6 Å². The molecule has 0 spiro atoms. The molecule has 0 aromatic heterocycles. The molecule has 0 saturated carbocycles. The molecule has 0 unspecified atom stereocenters. The summed E-state index contributed by atoms with van der Waals surface area (Å²) in [5, 5.41) is 6.02. The molecule has 8 nitrogen and oxygen atoms in total. The minimum absolute atomic E-state index is 0.156. The van der Waals surface area contributed by atoms with E-state index in [0.717, 1.165) is 38.8 Å². The highest BCUT2D eigenvalue weighted by molar-refractivity contribution is 5.89. The molecule has 10 heteroatoms. The number of nitrogens with one attached hydrogen (secondary N) is 2. The lowest BCUT2D eigenvalue weighted by Crippen LogP contribution is -2.49. The molecule has 2 N–H and O–H groups in total. The number of rotatable bonds is 4. The third-order valence-electron chi connectivity index (χ3n) is 5.82. The molecule has 0 aliphatic carbocycles. The third kappa shape index (κ3) is 11.0. The van der Waals surface area contributed by atoms with Crippen LogP contribution in [-0.2, 0) is 4.79 Å². The third-order valence-corrected chi connectivity index (χ3v) is 5.82. The molecule has 0 radical (unpaired) electrons. The maximum Gasteiger partial charge on any atom is 0.321 e. The molecule has 2 aliphatic rings. The van der Waals surface area contributed by atoms with E-state index in [1.807, 2.05) is 0 Å². The van der Waals surface area contributed by atoms with Gasteiger partial charge in [0.15, 0.2) is 0 Å². The van der Waals surface area contributed by atoms with E-state index in [1.165, 1.54) is 69.1 Å². The maximum atomic E-state index is 13.0. The van der Waals surface area contributed by atoms with Crippen molar-refractivity contribution in [2.24, 2.45) is 4.99 Å². The molecule has 0 bridgehead atoms. The van der Waals surface area contributed by atoms with Gasteiger partial charge in [0.05, 0.1) is 5.69 Å². The number of urea groups is 1. The van der Waals surface area contributed by atoms with Crippen LogP contribution in [0.5, 0.6) is 0 Å². The zero-order chi connectivity index (χ0) is 26.2. The van der Waals surface area contributed by atoms with Crippen LogP contribution in [0.15, 0.2) is 53.5 Å². The molecular weight excluding hydrogens is 466 g/mol. The summed E-state index contributed by atoms with van der Waals surface area (Å²) >= 11 is 0. The number of piperazine rings is 2. The minimum Gasteiger partial charge on any atom is -0.322 e. The van der Waals surface area contributed by atoms with Gasteiger partial charge in [0, 0.05) is 64.1 Å². The van der Waals surface area contributed by atoms with Crippen molar-refractivity contribution in [1.29, 1.82) is 0 Å². The van der Waals surface area contributed by atoms with Crippen molar-refractivity contribution in [3.05, 3.63) is 60.2 Å². The number of carbonyl (C=O) groups is 1. The first-order valence-corrected chi connectivity index (χ1v) is 12.3. The maximum absolute atomic E-state index is 13.0. The van der Waals surface area contributed by atoms with Crippen molar-refractivity contribution in [1.82, 2.24) is 20.0 Å². The topological polar surface area (TPSA) is 80.3 Å². The number of hydrogen-bond donors (Lipinski definition) is 2. The van der Waals surface area contributed by atoms with E-state index in [2.05, 4.69) is 39.3 Å². The highest BCUT2D eigenvalue weighted by Gasteiger charge is 2.20. The standard InChI is InChI=1S/C13H18FN3O.C7H4FNO.C6H14N2/c1-2-16-6-8-17(9-7-16)13(18)15-12-5-3-4-11(14)10-12;8-6-2-1-3-7(4-6)9-5-10;1-2-8-5-3-7-4-6-8/h3-5,10H,2,6-9H2,1H3,(H,15,18);1-4H;7H,2-6H2,1H3. The summed E-state index contributed by atoms with van der Waals surface area (Å²) in [6.45, 7) is 14.6. The number of isocyanates is 1. The Morgan fingerprint density at radius 2 is 1.50 bits per heavy atom. The van der Waals surface area contributed by atoms with Crippen LogP contribution in [0.1, 0.15) is 13.8 Å². The van der Waals surface area contributed by atoms with E-state index in [1.54, 1.807) is 17.0 Å². The number of benzene rings is 2. The van der Waals surface area contributed by atoms with Crippen LogP contribution >= 0.6 is 0 Å². The first-order valence-electron chi connectivity index (χ1n) is 12.3. The quantitative estimate of drug-likeness (QED) is 0.492. The van der Waals surface area contributed by atoms with Crippen LogP contribution in [-0.4, -0.2) is 92.3 Å². The van der Waals surface area contributed by atoms with Gasteiger partial charge in [-0.05, 0) is 43.4 Å². The molecule has 196 valence electrons. The van der Waals surface area contributed by atoms with E-state index in [4.69, 9.17) is 0 Å². The van der Waals surface area contributed by atoms with Crippen molar-refractivity contribution in [3.8, 4) is 0 Å². The normalized spacial score (nSPS) is 15.9. The number of hydrogen-bond acceptors (Lipinski definition) is 6. The SMILES string of the molecule is CCN1CCN(C(=O)Nc2cccc(F)c2)CC1.CCN1CCNCC1.O=C=Nc1cccc(F)c1. The Balaban J connectivity index is 0.000000213. The van der Waals surface area contributed by atoms with Gasteiger partial charge in [-0.3, -0.25) is 0 Å². The minimum atomic E-state index is -0.406. The zero-order valence-corrected chi connectivity index (χ0v) is 21.1. The predicted molar refractivity (Wildman–Crippen MR) is 138 cm³/mol. The van der Waals surface area contributed by atoms with E-state index < -0.39 is 5.82 Å². The van der Waals surface area contributed by atoms with Crippen molar-refractivity contribution >= 4 is 23.5 Å². The van der Waals surface area contributed by atoms with E-state index in [-0.39, 0.29) is 17.5 Å². The molecule has 36 heavy (non-hydrogen) atoms. The summed E-state index contributed by atoms with van der Waals surface area (Å²) < 4.78 is 25.3. The van der Waals surface area contributed by atoms with Gasteiger partial charge in [-0.2, -0.15) is 4.99 Å². The van der Waals surface area contributed by atoms with Crippen LogP contribution in [0.2, 0.25) is 0 Å². The van der Waals surface area contributed by atoms with Crippen molar-refractivity contribution in [2.75, 3.05) is 70.8 Å². The van der Waals surface area contributed by atoms with Gasteiger partial charge in [-0.25, -0.2) is 18.4 Å². The van der Waals surface area contributed by atoms with Gasteiger partial charge < -0.3 is 25.3 Å². The Hall–Kier alpha value is -3.17. The summed E-state index contributed by atoms with van der Waals surface area (Å²) in [6, 6.07) is 11.2. The number of anilines is 1. The van der Waals surface area contributed by atoms with Crippen LogP contribution < -0.4 is 10.6 Å². The van der Waals surface area contributed by atoms with Gasteiger partial charge >= 0.3 is 6.03 Å². The lowest BCUT2D eigenvalue weighted by Gasteiger charge is -2.33. The van der Waals surface area contributed by atoms with Crippen molar-refractivity contribution in [3.63, 3.8) is 0 Å². The number of amides is 2. The number of likely N-dealkylation sites (N-methyl/N-ethyl adjacent to an activating group) is 2. The summed E-state index contributed by atoms with van der Waals surface area (Å²) in [5.74, 6) is -0.750. The monoisotopic (exact) mass is 502 g/mol. The first kappa shape index (κ1) is 29.1. The van der Waals surface area contributed by atoms with Gasteiger partial charge in [0.1, 0.15) is 11.6 Å². The van der Waals surface area contributed by atoms with Crippen LogP contribution in [0.3, 0.4) is 0 Å². The summed E-state index contributed by atoms with van der Waals surface area (Å²) in [4.78, 5) is 31.4. The first-order chi connectivity index (χ1) is 17.4. The average Bonchev–Trinajstić information content (AvgIpc) is 2.90. The molecule has 2 aromatic carbocycles. The summed E-state index contributed by atoms with van der Waals surface area (Å²) in [5.41, 5.74) is 0.785. The Bertz CT molecular complexity index is 972. The molecule has 0 atom stereocenters. The number of carbonyl (C=O) groups excluding carboxylic acids is 2. The molecule has 2 fully saturated rings. The lowest BCUT2D eigenvalue weighted by molar-refractivity contribution is 0.151. The fraction of sp³-hybridized carbons (Fsp3) is 0.462. The highest BCUT2D eigenvalue weighted by atomic mass is 19.1. The number of aliphatic imine (C=N–C) groups is 1. The second-order valence-electron chi connectivity index (χ2n) is 8.23. The van der Waals surface area contributed by atoms with Gasteiger partial charge in [-0.1, -0.05) is 26.0 Å². The fourth-order valence-electron chi connectivity index (χ4n) is 3.66. The van der Waals surface area contributed by atoms with E-state index >= 15 is 0 Å². The van der Waals surface area contributed by atoms with Gasteiger partial charge in [0.25, 0.3) is 0 Å². The second-order valence-corrected chi connectivity index (χ2v) is 8.23. The largest absolute Gasteiger partial charge is 0.322 e. The average molecular weight is 503 g/mol. The van der Waals surface area contributed by atoms with Gasteiger partial charge in [-0.15, -0.1) is 0 Å². The molecule has 2 aliphatic heterocycles. The van der Waals surface area contributed by atoms with Gasteiger partial charge in [0.2, 0.25) is 6.08 Å². The lowest BCUT2D eigenvalue weighted by atomic mass is 10.3. The van der Waals surface area contributed by atoms with Crippen LogP contribution in [0.4, 0.5) is 25.0 Å². The second kappa shape index (κ2) is 16.5. The smallest absolute Gasteiger partial charge is 0.321 e. The summed E-state index contributed by atoms with van der Waals surface area (Å²) in [7, 11) is 0. The van der Waals surface area contributed by atoms with E-state index in [9.17, 15) is 18.4 Å². The molecule has 2 heterocycles. The zero-order valence-electron chi connectivity index (χ0n) is 21.1. The highest BCUT2D eigenvalue weighted by Crippen LogP contribution is 2.12. The fourth-order valence-corrected chi connectivity index (χ4v) is 3.66. The number of nitrogens with zero attached hydrogens (tertiary/aromatic N) is 4. The number of halogens is 2. The Kier molecular flexibility index (Phi) is 13.3. The predicted octanol–water partition coefficient (Wildman–Crippen LogP) is 3.70. The Labute approximate surface area is 212 Å². The molecule has 2 aromatic rings. The van der Waals surface area contributed by atoms with Crippen molar-refractivity contribution < 1.29 is 18.4 Å². The van der Waals surface area contributed by atoms with E-state index in [0.29, 0.717) is 5.69 Å².